The predicted octanol–water partition coefficient (Wildman–Crippen LogP) is 5.51. The van der Waals surface area contributed by atoms with Gasteiger partial charge < -0.3 is 14.5 Å². The number of esters is 1. The van der Waals surface area contributed by atoms with Gasteiger partial charge >= 0.3 is 5.97 Å². The number of hydrogen-bond donors (Lipinski definition) is 1. The van der Waals surface area contributed by atoms with Crippen LogP contribution >= 0.6 is 0 Å². The summed E-state index contributed by atoms with van der Waals surface area (Å²) >= 11 is 0. The first-order valence-electron chi connectivity index (χ1n) is 15.7. The molecule has 1 amide bonds. The molecule has 40 heavy (non-hydrogen) atoms. The third kappa shape index (κ3) is 4.35. The Morgan fingerprint density at radius 1 is 1.15 bits per heavy atom. The molecular weight excluding hydrogens is 500 g/mol. The van der Waals surface area contributed by atoms with Gasteiger partial charge in [0.1, 0.15) is 12.8 Å². The number of ether oxygens (including phenoxy) is 1. The molecule has 5 aliphatic rings. The number of carbonyl (C=O) groups excluding carboxylic acids is 2. The van der Waals surface area contributed by atoms with Crippen molar-refractivity contribution in [2.24, 2.45) is 28.3 Å². The minimum Gasteiger partial charge on any atom is -0.456 e. The van der Waals surface area contributed by atoms with Gasteiger partial charge in [0.05, 0.1) is 16.7 Å². The Labute approximate surface area is 239 Å². The van der Waals surface area contributed by atoms with Gasteiger partial charge in [-0.1, -0.05) is 39.8 Å². The van der Waals surface area contributed by atoms with Crippen LogP contribution in [0.3, 0.4) is 0 Å². The standard InChI is InChI=1S/C33H46N4O3/c1-6-25-24(10-11-26-27(25)18-37-29(7-2)34-35-30(26)37)9-8-20(3)21(4)23-12-14-33(15-13-23)16-17-36(32(33)39)28-19-40-31(38)22(28)5/h10-11,20-21,23,29,34H,6-9,12-19H2,1-5H3. The molecule has 0 bridgehead atoms. The third-order valence-electron chi connectivity index (χ3n) is 11.2. The van der Waals surface area contributed by atoms with Crippen molar-refractivity contribution in [3.8, 4) is 0 Å². The van der Waals surface area contributed by atoms with E-state index in [0.29, 0.717) is 29.5 Å². The number of nitrogens with zero attached hydrogens (tertiary/aromatic N) is 3. The van der Waals surface area contributed by atoms with Gasteiger partial charge in [-0.05, 0) is 99.2 Å². The summed E-state index contributed by atoms with van der Waals surface area (Å²) in [6.45, 7) is 13.1. The maximum absolute atomic E-state index is 13.5. The van der Waals surface area contributed by atoms with Crippen LogP contribution in [-0.4, -0.2) is 46.8 Å². The molecule has 7 nitrogen and oxygen atoms in total. The van der Waals surface area contributed by atoms with Crippen molar-refractivity contribution in [3.05, 3.63) is 45.7 Å². The Balaban J connectivity index is 1.06. The Morgan fingerprint density at radius 2 is 1.93 bits per heavy atom. The number of hydrogen-bond acceptors (Lipinski definition) is 6. The summed E-state index contributed by atoms with van der Waals surface area (Å²) < 4.78 is 5.19. The monoisotopic (exact) mass is 546 g/mol. The average molecular weight is 547 g/mol. The predicted molar refractivity (Wildman–Crippen MR) is 156 cm³/mol. The molecule has 3 unspecified atom stereocenters. The molecule has 6 rings (SSSR count). The number of likely N-dealkylation sites (tertiary alicyclic amines) is 1. The second-order valence-electron chi connectivity index (χ2n) is 13.0. The number of amides is 1. The number of benzene rings is 1. The zero-order chi connectivity index (χ0) is 28.2. The van der Waals surface area contributed by atoms with Gasteiger partial charge in [0.15, 0.2) is 5.84 Å². The lowest BCUT2D eigenvalue weighted by atomic mass is 9.65. The average Bonchev–Trinajstić information content (AvgIpc) is 3.71. The topological polar surface area (TPSA) is 74.2 Å². The molecule has 1 aliphatic carbocycles. The van der Waals surface area contributed by atoms with E-state index < -0.39 is 0 Å². The lowest BCUT2D eigenvalue weighted by Crippen LogP contribution is -2.39. The minimum atomic E-state index is -0.279. The van der Waals surface area contributed by atoms with Crippen LogP contribution in [0.25, 0.3) is 0 Å². The number of nitrogens with one attached hydrogen (secondary N) is 1. The molecular formula is C33H46N4O3. The fourth-order valence-corrected chi connectivity index (χ4v) is 8.23. The molecule has 4 aliphatic heterocycles. The third-order valence-corrected chi connectivity index (χ3v) is 11.2. The molecule has 4 heterocycles. The van der Waals surface area contributed by atoms with Gasteiger partial charge in [-0.25, -0.2) is 4.79 Å². The van der Waals surface area contributed by atoms with Gasteiger partial charge in [-0.2, -0.15) is 5.10 Å². The molecule has 7 heteroatoms. The second-order valence-corrected chi connectivity index (χ2v) is 13.0. The largest absolute Gasteiger partial charge is 0.456 e. The summed E-state index contributed by atoms with van der Waals surface area (Å²) in [5, 5.41) is 4.65. The van der Waals surface area contributed by atoms with Crippen LogP contribution in [0.15, 0.2) is 28.5 Å². The van der Waals surface area contributed by atoms with E-state index in [-0.39, 0.29) is 23.9 Å². The lowest BCUT2D eigenvalue weighted by Gasteiger charge is -2.39. The van der Waals surface area contributed by atoms with Crippen molar-refractivity contribution in [2.75, 3.05) is 13.2 Å². The fraction of sp³-hybridized carbons (Fsp3) is 0.667. The van der Waals surface area contributed by atoms with Gasteiger partial charge in [-0.15, -0.1) is 0 Å². The first kappa shape index (κ1) is 27.3. The zero-order valence-electron chi connectivity index (χ0n) is 25.0. The van der Waals surface area contributed by atoms with Gasteiger partial charge in [0, 0.05) is 18.7 Å². The van der Waals surface area contributed by atoms with Crippen LogP contribution in [0.1, 0.15) is 102 Å². The van der Waals surface area contributed by atoms with Crippen LogP contribution in [-0.2, 0) is 33.7 Å². The van der Waals surface area contributed by atoms with Gasteiger partial charge in [-0.3, -0.25) is 10.2 Å². The highest BCUT2D eigenvalue weighted by atomic mass is 16.5. The summed E-state index contributed by atoms with van der Waals surface area (Å²) in [6.07, 6.45) is 9.88. The molecule has 2 fully saturated rings. The van der Waals surface area contributed by atoms with Crippen molar-refractivity contribution in [1.29, 1.82) is 0 Å². The van der Waals surface area contributed by atoms with E-state index in [1.165, 1.54) is 28.7 Å². The summed E-state index contributed by atoms with van der Waals surface area (Å²) in [5.74, 6) is 3.04. The first-order chi connectivity index (χ1) is 19.3. The summed E-state index contributed by atoms with van der Waals surface area (Å²) in [6, 6.07) is 4.67. The highest BCUT2D eigenvalue weighted by Crippen LogP contribution is 2.50. The fourth-order valence-electron chi connectivity index (χ4n) is 8.23. The van der Waals surface area contributed by atoms with E-state index in [0.717, 1.165) is 76.0 Å². The van der Waals surface area contributed by atoms with Crippen molar-refractivity contribution in [1.82, 2.24) is 15.2 Å². The summed E-state index contributed by atoms with van der Waals surface area (Å²) in [7, 11) is 0. The minimum absolute atomic E-state index is 0.232. The Kier molecular flexibility index (Phi) is 7.20. The van der Waals surface area contributed by atoms with E-state index in [1.54, 1.807) is 6.92 Å². The molecule has 0 radical (unpaired) electrons. The van der Waals surface area contributed by atoms with Gasteiger partial charge in [0.2, 0.25) is 5.91 Å². The van der Waals surface area contributed by atoms with Gasteiger partial charge in [0.25, 0.3) is 0 Å². The molecule has 1 aromatic carbocycles. The smallest absolute Gasteiger partial charge is 0.336 e. The SMILES string of the molecule is CCc1c(CCC(C)C(C)C2CCC3(CC2)CCN(C2=C(C)C(=O)OC2)C3=O)ccc2c1CN1C2=NNC1CC. The van der Waals surface area contributed by atoms with E-state index in [9.17, 15) is 9.59 Å². The Hall–Kier alpha value is -2.83. The Morgan fingerprint density at radius 3 is 2.60 bits per heavy atom. The number of hydrazone groups is 1. The number of fused-ring (bicyclic) bond motifs is 3. The van der Waals surface area contributed by atoms with Crippen LogP contribution in [0.2, 0.25) is 0 Å². The normalized spacial score (nSPS) is 29.1. The molecule has 216 valence electrons. The van der Waals surface area contributed by atoms with Crippen LogP contribution in [0, 0.1) is 23.2 Å². The van der Waals surface area contributed by atoms with Crippen LogP contribution < -0.4 is 5.43 Å². The summed E-state index contributed by atoms with van der Waals surface area (Å²) in [4.78, 5) is 29.7. The number of aryl methyl sites for hydroxylation is 1. The number of carbonyl (C=O) groups is 2. The number of amidine groups is 1. The highest BCUT2D eigenvalue weighted by molar-refractivity contribution is 6.03. The molecule has 1 aromatic rings. The van der Waals surface area contributed by atoms with Crippen molar-refractivity contribution in [3.63, 3.8) is 0 Å². The summed E-state index contributed by atoms with van der Waals surface area (Å²) in [5.41, 5.74) is 10.3. The molecule has 1 spiro atoms. The van der Waals surface area contributed by atoms with E-state index in [2.05, 4.69) is 55.3 Å². The number of rotatable bonds is 8. The van der Waals surface area contributed by atoms with Crippen molar-refractivity contribution < 1.29 is 14.3 Å². The second kappa shape index (κ2) is 10.5. The van der Waals surface area contributed by atoms with Crippen molar-refractivity contribution >= 4 is 17.7 Å². The van der Waals surface area contributed by atoms with Crippen molar-refractivity contribution in [2.45, 2.75) is 105 Å². The molecule has 1 N–H and O–H groups in total. The lowest BCUT2D eigenvalue weighted by molar-refractivity contribution is -0.138. The highest BCUT2D eigenvalue weighted by Gasteiger charge is 2.50. The molecule has 1 saturated carbocycles. The number of cyclic esters (lactones) is 1. The quantitative estimate of drug-likeness (QED) is 0.435. The molecule has 0 aromatic heterocycles. The maximum Gasteiger partial charge on any atom is 0.336 e. The Bertz CT molecular complexity index is 1260. The molecule has 1 saturated heterocycles. The molecule has 3 atom stereocenters. The van der Waals surface area contributed by atoms with Crippen LogP contribution in [0.4, 0.5) is 0 Å². The van der Waals surface area contributed by atoms with E-state index in [1.807, 2.05) is 4.90 Å². The maximum atomic E-state index is 13.5. The first-order valence-corrected chi connectivity index (χ1v) is 15.7. The van der Waals surface area contributed by atoms with E-state index >= 15 is 0 Å². The van der Waals surface area contributed by atoms with E-state index in [4.69, 9.17) is 4.74 Å². The zero-order valence-corrected chi connectivity index (χ0v) is 25.0. The van der Waals surface area contributed by atoms with Crippen LogP contribution in [0.5, 0.6) is 0 Å².